The van der Waals surface area contributed by atoms with E-state index in [4.69, 9.17) is 5.73 Å². The second-order valence-corrected chi connectivity index (χ2v) is 6.92. The van der Waals surface area contributed by atoms with Gasteiger partial charge < -0.3 is 16.0 Å². The number of likely N-dealkylation sites (tertiary alicyclic amines) is 1. The van der Waals surface area contributed by atoms with Crippen LogP contribution in [-0.4, -0.2) is 40.9 Å². The van der Waals surface area contributed by atoms with E-state index in [1.54, 1.807) is 0 Å². The quantitative estimate of drug-likeness (QED) is 0.801. The number of rotatable bonds is 3. The van der Waals surface area contributed by atoms with Crippen molar-refractivity contribution in [3.63, 3.8) is 0 Å². The molecule has 3 aliphatic rings. The number of carbonyl (C=O) groups excluding carboxylic acids is 2. The monoisotopic (exact) mass is 279 g/mol. The molecule has 1 heterocycles. The highest BCUT2D eigenvalue weighted by atomic mass is 16.2. The highest BCUT2D eigenvalue weighted by Gasteiger charge is 2.46. The van der Waals surface area contributed by atoms with Crippen LogP contribution in [0.4, 0.5) is 0 Å². The Morgan fingerprint density at radius 2 is 2.00 bits per heavy atom. The average molecular weight is 279 g/mol. The van der Waals surface area contributed by atoms with E-state index < -0.39 is 5.54 Å². The van der Waals surface area contributed by atoms with Crippen LogP contribution in [0.1, 0.15) is 51.9 Å². The van der Waals surface area contributed by atoms with Gasteiger partial charge in [-0.1, -0.05) is 26.2 Å². The summed E-state index contributed by atoms with van der Waals surface area (Å²) in [6, 6.07) is 0.357. The summed E-state index contributed by atoms with van der Waals surface area (Å²) in [7, 11) is 0. The highest BCUT2D eigenvalue weighted by Crippen LogP contribution is 2.37. The third-order valence-corrected chi connectivity index (χ3v) is 5.16. The molecular formula is C15H25N3O2. The van der Waals surface area contributed by atoms with Crippen molar-refractivity contribution >= 4 is 11.8 Å². The first kappa shape index (κ1) is 13.9. The normalized spacial score (nSPS) is 36.0. The van der Waals surface area contributed by atoms with Crippen molar-refractivity contribution in [2.24, 2.45) is 11.7 Å². The topological polar surface area (TPSA) is 75.4 Å². The molecule has 0 aromatic carbocycles. The lowest BCUT2D eigenvalue weighted by Gasteiger charge is -2.32. The zero-order chi connectivity index (χ0) is 14.3. The zero-order valence-electron chi connectivity index (χ0n) is 12.2. The lowest BCUT2D eigenvalue weighted by molar-refractivity contribution is -0.128. The van der Waals surface area contributed by atoms with Crippen LogP contribution in [0.25, 0.3) is 0 Å². The van der Waals surface area contributed by atoms with E-state index in [1.165, 1.54) is 6.42 Å². The van der Waals surface area contributed by atoms with Crippen LogP contribution in [0.5, 0.6) is 0 Å². The molecule has 1 aliphatic heterocycles. The molecule has 0 radical (unpaired) electrons. The Labute approximate surface area is 120 Å². The standard InChI is InChI=1S/C15H25N3O2/c1-10-7-12(10)18-9-11(8-13(18)19)17-14(20)15(16)5-3-2-4-6-15/h10-12H,2-9,16H2,1H3,(H,17,20)/t10-,11+,12+/m1/s1. The van der Waals surface area contributed by atoms with Gasteiger partial charge in [-0.2, -0.15) is 0 Å². The van der Waals surface area contributed by atoms with E-state index >= 15 is 0 Å². The van der Waals surface area contributed by atoms with Crippen LogP contribution in [-0.2, 0) is 9.59 Å². The molecule has 0 bridgehead atoms. The number of hydrogen-bond acceptors (Lipinski definition) is 3. The van der Waals surface area contributed by atoms with Gasteiger partial charge >= 0.3 is 0 Å². The van der Waals surface area contributed by atoms with Gasteiger partial charge in [0, 0.05) is 19.0 Å². The number of amides is 2. The molecule has 0 unspecified atom stereocenters. The van der Waals surface area contributed by atoms with Gasteiger partial charge in [0.1, 0.15) is 0 Å². The minimum atomic E-state index is -0.707. The molecule has 3 N–H and O–H groups in total. The van der Waals surface area contributed by atoms with Crippen molar-refractivity contribution < 1.29 is 9.59 Å². The van der Waals surface area contributed by atoms with Gasteiger partial charge in [0.2, 0.25) is 11.8 Å². The molecule has 0 spiro atoms. The Bertz CT molecular complexity index is 417. The number of nitrogens with one attached hydrogen (secondary N) is 1. The van der Waals surface area contributed by atoms with Crippen LogP contribution in [0.3, 0.4) is 0 Å². The second-order valence-electron chi connectivity index (χ2n) is 6.92. The smallest absolute Gasteiger partial charge is 0.240 e. The van der Waals surface area contributed by atoms with Gasteiger partial charge in [-0.3, -0.25) is 9.59 Å². The predicted molar refractivity (Wildman–Crippen MR) is 75.8 cm³/mol. The molecule has 3 fully saturated rings. The van der Waals surface area contributed by atoms with Crippen LogP contribution in [0.15, 0.2) is 0 Å². The molecule has 2 amide bonds. The zero-order valence-corrected chi connectivity index (χ0v) is 12.2. The molecule has 0 aromatic heterocycles. The second kappa shape index (κ2) is 5.02. The maximum absolute atomic E-state index is 12.4. The molecule has 1 saturated heterocycles. The van der Waals surface area contributed by atoms with Crippen LogP contribution < -0.4 is 11.1 Å². The molecule has 2 saturated carbocycles. The van der Waals surface area contributed by atoms with Gasteiger partial charge in [-0.15, -0.1) is 0 Å². The Balaban J connectivity index is 1.56. The van der Waals surface area contributed by atoms with Gasteiger partial charge in [-0.05, 0) is 25.2 Å². The fourth-order valence-corrected chi connectivity index (χ4v) is 3.62. The Hall–Kier alpha value is -1.10. The number of nitrogens with zero attached hydrogens (tertiary/aromatic N) is 1. The summed E-state index contributed by atoms with van der Waals surface area (Å²) in [5, 5.41) is 3.02. The van der Waals surface area contributed by atoms with E-state index in [-0.39, 0.29) is 17.9 Å². The first-order chi connectivity index (χ1) is 9.49. The summed E-state index contributed by atoms with van der Waals surface area (Å²) >= 11 is 0. The summed E-state index contributed by atoms with van der Waals surface area (Å²) in [5.41, 5.74) is 5.53. The summed E-state index contributed by atoms with van der Waals surface area (Å²) in [5.74, 6) is 0.743. The summed E-state index contributed by atoms with van der Waals surface area (Å²) in [4.78, 5) is 26.3. The number of hydrogen-bond donors (Lipinski definition) is 2. The minimum Gasteiger partial charge on any atom is -0.349 e. The van der Waals surface area contributed by atoms with Crippen molar-refractivity contribution in [2.75, 3.05) is 6.54 Å². The lowest BCUT2D eigenvalue weighted by Crippen LogP contribution is -2.57. The van der Waals surface area contributed by atoms with Gasteiger partial charge in [0.05, 0.1) is 11.6 Å². The SMILES string of the molecule is C[C@@H]1C[C@@H]1N1C[C@@H](NC(=O)C2(N)CCCCC2)CC1=O. The number of carbonyl (C=O) groups is 2. The van der Waals surface area contributed by atoms with E-state index in [9.17, 15) is 9.59 Å². The molecule has 0 aromatic rings. The Morgan fingerprint density at radius 1 is 1.35 bits per heavy atom. The Kier molecular flexibility index (Phi) is 3.48. The highest BCUT2D eigenvalue weighted by molar-refractivity contribution is 5.88. The first-order valence-electron chi connectivity index (χ1n) is 7.89. The molecule has 112 valence electrons. The van der Waals surface area contributed by atoms with E-state index in [0.29, 0.717) is 24.9 Å². The molecule has 5 heteroatoms. The summed E-state index contributed by atoms with van der Waals surface area (Å²) < 4.78 is 0. The fourth-order valence-electron chi connectivity index (χ4n) is 3.62. The maximum Gasteiger partial charge on any atom is 0.240 e. The maximum atomic E-state index is 12.4. The molecule has 5 nitrogen and oxygen atoms in total. The van der Waals surface area contributed by atoms with Crippen molar-refractivity contribution in [1.82, 2.24) is 10.2 Å². The molecule has 3 atom stereocenters. The van der Waals surface area contributed by atoms with E-state index in [2.05, 4.69) is 12.2 Å². The molecule has 2 aliphatic carbocycles. The molecule has 20 heavy (non-hydrogen) atoms. The fraction of sp³-hybridized carbons (Fsp3) is 0.867. The van der Waals surface area contributed by atoms with Crippen LogP contribution >= 0.6 is 0 Å². The largest absolute Gasteiger partial charge is 0.349 e. The van der Waals surface area contributed by atoms with Gasteiger partial charge in [0.15, 0.2) is 0 Å². The number of nitrogens with two attached hydrogens (primary N) is 1. The van der Waals surface area contributed by atoms with E-state index in [1.807, 2.05) is 4.90 Å². The summed E-state index contributed by atoms with van der Waals surface area (Å²) in [6.07, 6.45) is 6.30. The minimum absolute atomic E-state index is 0.0508. The first-order valence-corrected chi connectivity index (χ1v) is 7.89. The van der Waals surface area contributed by atoms with E-state index in [0.717, 1.165) is 32.1 Å². The summed E-state index contributed by atoms with van der Waals surface area (Å²) in [6.45, 7) is 2.83. The van der Waals surface area contributed by atoms with Crippen LogP contribution in [0, 0.1) is 5.92 Å². The van der Waals surface area contributed by atoms with Gasteiger partial charge in [-0.25, -0.2) is 0 Å². The van der Waals surface area contributed by atoms with Crippen molar-refractivity contribution in [2.45, 2.75) is 69.5 Å². The van der Waals surface area contributed by atoms with Gasteiger partial charge in [0.25, 0.3) is 0 Å². The molecule has 3 rings (SSSR count). The van der Waals surface area contributed by atoms with Crippen molar-refractivity contribution in [3.8, 4) is 0 Å². The van der Waals surface area contributed by atoms with Crippen molar-refractivity contribution in [3.05, 3.63) is 0 Å². The average Bonchev–Trinajstić information content (AvgIpc) is 3.01. The van der Waals surface area contributed by atoms with Crippen LogP contribution in [0.2, 0.25) is 0 Å². The molecular weight excluding hydrogens is 254 g/mol. The predicted octanol–water partition coefficient (Wildman–Crippen LogP) is 0.773. The lowest BCUT2D eigenvalue weighted by atomic mass is 9.81. The third kappa shape index (κ3) is 2.55. The third-order valence-electron chi connectivity index (χ3n) is 5.16. The Morgan fingerprint density at radius 3 is 2.60 bits per heavy atom. The van der Waals surface area contributed by atoms with Crippen molar-refractivity contribution in [1.29, 1.82) is 0 Å².